The van der Waals surface area contributed by atoms with Crippen molar-refractivity contribution in [1.82, 2.24) is 4.98 Å². The number of halogens is 1. The highest BCUT2D eigenvalue weighted by atomic mass is 19.1. The molecule has 1 fully saturated rings. The molecule has 1 aromatic rings. The second-order valence-corrected chi connectivity index (χ2v) is 4.20. The summed E-state index contributed by atoms with van der Waals surface area (Å²) in [7, 11) is 0. The molecule has 1 saturated heterocycles. The zero-order valence-electron chi connectivity index (χ0n) is 9.12. The molecule has 2 nitrogen and oxygen atoms in total. The molecular formula is C12H17FN2. The maximum atomic E-state index is 12.3. The van der Waals surface area contributed by atoms with Gasteiger partial charge in [-0.1, -0.05) is 6.07 Å². The van der Waals surface area contributed by atoms with E-state index in [0.717, 1.165) is 12.4 Å². The van der Waals surface area contributed by atoms with Crippen molar-refractivity contribution in [1.29, 1.82) is 0 Å². The summed E-state index contributed by atoms with van der Waals surface area (Å²) < 4.78 is 12.3. The molecule has 82 valence electrons. The fourth-order valence-corrected chi connectivity index (χ4v) is 2.10. The summed E-state index contributed by atoms with van der Waals surface area (Å²) in [6.07, 6.45) is 5.40. The van der Waals surface area contributed by atoms with Crippen molar-refractivity contribution in [3.8, 4) is 0 Å². The summed E-state index contributed by atoms with van der Waals surface area (Å²) in [6.45, 7) is 2.87. The van der Waals surface area contributed by atoms with Gasteiger partial charge < -0.3 is 4.90 Å². The van der Waals surface area contributed by atoms with E-state index in [0.29, 0.717) is 11.6 Å². The van der Waals surface area contributed by atoms with Crippen LogP contribution in [0, 0.1) is 0 Å². The van der Waals surface area contributed by atoms with E-state index < -0.39 is 6.67 Å². The summed E-state index contributed by atoms with van der Waals surface area (Å²) in [6, 6.07) is 4.31. The number of nitrogens with zero attached hydrogens (tertiary/aromatic N) is 2. The van der Waals surface area contributed by atoms with Crippen molar-refractivity contribution in [3.63, 3.8) is 0 Å². The van der Waals surface area contributed by atoms with Gasteiger partial charge in [0.15, 0.2) is 0 Å². The smallest absolute Gasteiger partial charge is 0.128 e. The van der Waals surface area contributed by atoms with Crippen LogP contribution in [0.3, 0.4) is 0 Å². The number of hydrogen-bond donors (Lipinski definition) is 0. The Balaban J connectivity index is 2.13. The number of alkyl halides is 1. The molecule has 0 bridgehead atoms. The van der Waals surface area contributed by atoms with Gasteiger partial charge in [0.2, 0.25) is 0 Å². The van der Waals surface area contributed by atoms with E-state index in [-0.39, 0.29) is 0 Å². The van der Waals surface area contributed by atoms with E-state index in [4.69, 9.17) is 0 Å². The van der Waals surface area contributed by atoms with Gasteiger partial charge in [-0.25, -0.2) is 9.37 Å². The lowest BCUT2D eigenvalue weighted by Gasteiger charge is -2.34. The molecule has 1 atom stereocenters. The SMILES string of the molecule is CC1CCCCN1c1ccc(CF)cn1. The fourth-order valence-electron chi connectivity index (χ4n) is 2.10. The van der Waals surface area contributed by atoms with Crippen LogP contribution in [0.2, 0.25) is 0 Å². The van der Waals surface area contributed by atoms with Crippen LogP contribution in [0.15, 0.2) is 18.3 Å². The van der Waals surface area contributed by atoms with Crippen molar-refractivity contribution in [2.24, 2.45) is 0 Å². The first kappa shape index (κ1) is 10.4. The average molecular weight is 208 g/mol. The van der Waals surface area contributed by atoms with Crippen LogP contribution in [-0.2, 0) is 6.67 Å². The van der Waals surface area contributed by atoms with Gasteiger partial charge in [0.05, 0.1) is 0 Å². The van der Waals surface area contributed by atoms with Gasteiger partial charge in [-0.05, 0) is 32.3 Å². The van der Waals surface area contributed by atoms with Gasteiger partial charge in [-0.15, -0.1) is 0 Å². The zero-order valence-corrected chi connectivity index (χ0v) is 9.12. The summed E-state index contributed by atoms with van der Waals surface area (Å²) in [5.74, 6) is 0.986. The van der Waals surface area contributed by atoms with Crippen LogP contribution < -0.4 is 4.90 Å². The van der Waals surface area contributed by atoms with E-state index in [1.165, 1.54) is 19.3 Å². The van der Waals surface area contributed by atoms with E-state index in [9.17, 15) is 4.39 Å². The molecule has 0 aliphatic carbocycles. The standard InChI is InChI=1S/C12H17FN2/c1-10-4-2-3-7-15(10)12-6-5-11(8-13)9-14-12/h5-6,9-10H,2-4,7-8H2,1H3. The number of anilines is 1. The minimum atomic E-state index is -0.428. The Bertz CT molecular complexity index is 310. The lowest BCUT2D eigenvalue weighted by Crippen LogP contribution is -2.37. The van der Waals surface area contributed by atoms with Gasteiger partial charge in [0.25, 0.3) is 0 Å². The Morgan fingerprint density at radius 3 is 2.93 bits per heavy atom. The molecule has 0 saturated carbocycles. The minimum Gasteiger partial charge on any atom is -0.354 e. The van der Waals surface area contributed by atoms with Crippen LogP contribution in [0.1, 0.15) is 31.7 Å². The van der Waals surface area contributed by atoms with Crippen LogP contribution >= 0.6 is 0 Å². The Labute approximate surface area is 90.1 Å². The number of aromatic nitrogens is 1. The molecule has 2 rings (SSSR count). The second-order valence-electron chi connectivity index (χ2n) is 4.20. The fraction of sp³-hybridized carbons (Fsp3) is 0.583. The van der Waals surface area contributed by atoms with E-state index in [2.05, 4.69) is 16.8 Å². The molecule has 3 heteroatoms. The van der Waals surface area contributed by atoms with E-state index >= 15 is 0 Å². The molecule has 0 radical (unpaired) electrons. The zero-order chi connectivity index (χ0) is 10.7. The topological polar surface area (TPSA) is 16.1 Å². The third-order valence-electron chi connectivity index (χ3n) is 3.06. The summed E-state index contributed by atoms with van der Waals surface area (Å²) >= 11 is 0. The molecule has 0 spiro atoms. The predicted octanol–water partition coefficient (Wildman–Crippen LogP) is 2.93. The lowest BCUT2D eigenvalue weighted by molar-refractivity contribution is 0.477. The molecule has 2 heterocycles. The molecule has 15 heavy (non-hydrogen) atoms. The molecular weight excluding hydrogens is 191 g/mol. The van der Waals surface area contributed by atoms with Crippen LogP contribution in [0.25, 0.3) is 0 Å². The van der Waals surface area contributed by atoms with Gasteiger partial charge in [-0.2, -0.15) is 0 Å². The van der Waals surface area contributed by atoms with E-state index in [1.54, 1.807) is 6.20 Å². The quantitative estimate of drug-likeness (QED) is 0.743. The number of rotatable bonds is 2. The molecule has 1 aliphatic rings. The van der Waals surface area contributed by atoms with Crippen molar-refractivity contribution < 1.29 is 4.39 Å². The Hall–Kier alpha value is -1.12. The predicted molar refractivity (Wildman–Crippen MR) is 59.7 cm³/mol. The van der Waals surface area contributed by atoms with Crippen molar-refractivity contribution >= 4 is 5.82 Å². The first-order chi connectivity index (χ1) is 7.31. The van der Waals surface area contributed by atoms with Crippen LogP contribution in [-0.4, -0.2) is 17.6 Å². The summed E-state index contributed by atoms with van der Waals surface area (Å²) in [5, 5.41) is 0. The maximum absolute atomic E-state index is 12.3. The molecule has 1 unspecified atom stereocenters. The van der Waals surface area contributed by atoms with Crippen molar-refractivity contribution in [2.45, 2.75) is 38.9 Å². The highest BCUT2D eigenvalue weighted by molar-refractivity contribution is 5.40. The largest absolute Gasteiger partial charge is 0.354 e. The monoisotopic (exact) mass is 208 g/mol. The summed E-state index contributed by atoms with van der Waals surface area (Å²) in [4.78, 5) is 6.62. The van der Waals surface area contributed by atoms with Crippen molar-refractivity contribution in [3.05, 3.63) is 23.9 Å². The van der Waals surface area contributed by atoms with Gasteiger partial charge >= 0.3 is 0 Å². The second kappa shape index (κ2) is 4.60. The Morgan fingerprint density at radius 2 is 2.33 bits per heavy atom. The first-order valence-corrected chi connectivity index (χ1v) is 5.59. The third-order valence-corrected chi connectivity index (χ3v) is 3.06. The molecule has 0 amide bonds. The first-order valence-electron chi connectivity index (χ1n) is 5.59. The molecule has 1 aromatic heterocycles. The van der Waals surface area contributed by atoms with Gasteiger partial charge in [-0.3, -0.25) is 0 Å². The Kier molecular flexibility index (Phi) is 3.19. The van der Waals surface area contributed by atoms with Crippen LogP contribution in [0.5, 0.6) is 0 Å². The highest BCUT2D eigenvalue weighted by Crippen LogP contribution is 2.22. The molecule has 0 aromatic carbocycles. The number of hydrogen-bond acceptors (Lipinski definition) is 2. The maximum Gasteiger partial charge on any atom is 0.128 e. The van der Waals surface area contributed by atoms with Gasteiger partial charge in [0.1, 0.15) is 12.5 Å². The van der Waals surface area contributed by atoms with E-state index in [1.807, 2.05) is 12.1 Å². The molecule has 0 N–H and O–H groups in total. The average Bonchev–Trinajstić information content (AvgIpc) is 2.30. The van der Waals surface area contributed by atoms with Gasteiger partial charge in [0, 0.05) is 24.3 Å². The van der Waals surface area contributed by atoms with Crippen LogP contribution in [0.4, 0.5) is 10.2 Å². The minimum absolute atomic E-state index is 0.428. The lowest BCUT2D eigenvalue weighted by atomic mass is 10.0. The number of piperidine rings is 1. The van der Waals surface area contributed by atoms with Crippen molar-refractivity contribution in [2.75, 3.05) is 11.4 Å². The number of pyridine rings is 1. The third kappa shape index (κ3) is 2.28. The Morgan fingerprint density at radius 1 is 1.47 bits per heavy atom. The summed E-state index contributed by atoms with van der Waals surface area (Å²) in [5.41, 5.74) is 0.656. The highest BCUT2D eigenvalue weighted by Gasteiger charge is 2.19. The normalized spacial score (nSPS) is 21.7. The molecule has 1 aliphatic heterocycles.